The highest BCUT2D eigenvalue weighted by Crippen LogP contribution is 1.76. The average Bonchev–Trinajstić information content (AvgIpc) is 2.31. The predicted molar refractivity (Wildman–Crippen MR) is 31.4 cm³/mol. The fraction of sp³-hybridized carbons (Fsp3) is 0.250. The molecular formula is C4H4N2O5. The number of rotatable bonds is 0. The van der Waals surface area contributed by atoms with Gasteiger partial charge < -0.3 is 5.32 Å². The number of nitrogens with one attached hydrogen (secondary N) is 1. The van der Waals surface area contributed by atoms with E-state index < -0.39 is 17.3 Å². The lowest BCUT2D eigenvalue weighted by atomic mass is 11.0. The summed E-state index contributed by atoms with van der Waals surface area (Å²) in [6, 6.07) is -0.829. The molecule has 0 saturated carbocycles. The summed E-state index contributed by atoms with van der Waals surface area (Å²) in [5.74, 6) is 0. The maximum atomic E-state index is 10.6. The van der Waals surface area contributed by atoms with Gasteiger partial charge in [-0.2, -0.15) is 0 Å². The zero-order valence-electron chi connectivity index (χ0n) is 5.49. The highest BCUT2D eigenvalue weighted by molar-refractivity contribution is 5.72. The van der Waals surface area contributed by atoms with E-state index in [1.165, 1.54) is 7.05 Å². The second kappa shape index (κ2) is 2.45. The van der Waals surface area contributed by atoms with Crippen LogP contribution in [-0.4, -0.2) is 18.0 Å². The van der Waals surface area contributed by atoms with Crippen LogP contribution in [0.1, 0.15) is 0 Å². The summed E-state index contributed by atoms with van der Waals surface area (Å²) in [4.78, 5) is 31.3. The second-order valence-corrected chi connectivity index (χ2v) is 1.57. The van der Waals surface area contributed by atoms with Crippen molar-refractivity contribution >= 4 is 6.03 Å². The zero-order valence-corrected chi connectivity index (χ0v) is 5.49. The van der Waals surface area contributed by atoms with Gasteiger partial charge in [-0.1, -0.05) is 0 Å². The molecule has 0 saturated heterocycles. The fourth-order valence-corrected chi connectivity index (χ4v) is 0.418. The van der Waals surface area contributed by atoms with E-state index in [-0.39, 0.29) is 4.91 Å². The van der Waals surface area contributed by atoms with Crippen molar-refractivity contribution in [3.63, 3.8) is 0 Å². The van der Waals surface area contributed by atoms with E-state index in [4.69, 9.17) is 0 Å². The Morgan fingerprint density at radius 1 is 1.36 bits per heavy atom. The first-order valence-electron chi connectivity index (χ1n) is 2.61. The maximum absolute atomic E-state index is 10.6. The monoisotopic (exact) mass is 160 g/mol. The van der Waals surface area contributed by atoms with Crippen molar-refractivity contribution in [3.05, 3.63) is 20.8 Å². The van der Waals surface area contributed by atoms with Crippen molar-refractivity contribution in [2.45, 2.75) is 0 Å². The van der Waals surface area contributed by atoms with E-state index in [0.717, 1.165) is 0 Å². The minimum Gasteiger partial charge on any atom is -0.336 e. The van der Waals surface area contributed by atoms with Gasteiger partial charge in [0, 0.05) is 12.0 Å². The molecular weight excluding hydrogens is 156 g/mol. The van der Waals surface area contributed by atoms with E-state index in [0.29, 0.717) is 0 Å². The first-order valence-corrected chi connectivity index (χ1v) is 2.61. The van der Waals surface area contributed by atoms with Gasteiger partial charge in [0.25, 0.3) is 0 Å². The van der Waals surface area contributed by atoms with E-state index in [9.17, 15) is 14.4 Å². The normalized spacial score (nSPS) is 9.55. The number of amides is 1. The zero-order chi connectivity index (χ0) is 8.43. The van der Waals surface area contributed by atoms with Gasteiger partial charge in [-0.3, -0.25) is 9.05 Å². The fourth-order valence-electron chi connectivity index (χ4n) is 0.418. The molecule has 0 fully saturated rings. The Hall–Kier alpha value is -1.79. The molecule has 0 radical (unpaired) electrons. The minimum atomic E-state index is -1.21. The van der Waals surface area contributed by atoms with E-state index in [1.54, 1.807) is 0 Å². The maximum Gasteiger partial charge on any atom is 0.446 e. The number of nitrogens with zero attached hydrogens (tertiary/aromatic N) is 1. The van der Waals surface area contributed by atoms with Crippen LogP contribution in [0.5, 0.6) is 0 Å². The molecule has 0 spiro atoms. The lowest BCUT2D eigenvalue weighted by molar-refractivity contribution is 0.111. The first-order chi connectivity index (χ1) is 5.15. The predicted octanol–water partition coefficient (Wildman–Crippen LogP) is -1.42. The SMILES string of the molecule is CNC(=O)n1oc(=O)c(=O)o1. The number of carbonyl (C=O) groups excluding carboxylic acids is 1. The quantitative estimate of drug-likeness (QED) is 0.470. The highest BCUT2D eigenvalue weighted by atomic mass is 16.7. The number of aromatic nitrogens is 1. The molecule has 7 heteroatoms. The van der Waals surface area contributed by atoms with Crippen LogP contribution in [0.3, 0.4) is 0 Å². The molecule has 0 aromatic carbocycles. The molecule has 0 aliphatic rings. The minimum absolute atomic E-state index is 0.171. The molecule has 7 nitrogen and oxygen atoms in total. The summed E-state index contributed by atoms with van der Waals surface area (Å²) in [7, 11) is 1.29. The van der Waals surface area contributed by atoms with Crippen molar-refractivity contribution in [2.24, 2.45) is 0 Å². The smallest absolute Gasteiger partial charge is 0.336 e. The number of hydrogen-bond donors (Lipinski definition) is 1. The van der Waals surface area contributed by atoms with Gasteiger partial charge in [0.15, 0.2) is 0 Å². The molecule has 60 valence electrons. The Morgan fingerprint density at radius 3 is 2.18 bits per heavy atom. The Balaban J connectivity index is 3.18. The van der Waals surface area contributed by atoms with Gasteiger partial charge in [-0.25, -0.2) is 14.4 Å². The van der Waals surface area contributed by atoms with Crippen LogP contribution < -0.4 is 16.6 Å². The summed E-state index contributed by atoms with van der Waals surface area (Å²) < 4.78 is 8.07. The van der Waals surface area contributed by atoms with Gasteiger partial charge in [-0.05, 0) is 0 Å². The third kappa shape index (κ3) is 1.20. The topological polar surface area (TPSA) is 94.5 Å². The summed E-state index contributed by atoms with van der Waals surface area (Å²) in [6.07, 6.45) is 0. The largest absolute Gasteiger partial charge is 0.446 e. The molecule has 11 heavy (non-hydrogen) atoms. The molecule has 0 atom stereocenters. The van der Waals surface area contributed by atoms with Gasteiger partial charge in [0.05, 0.1) is 0 Å². The lowest BCUT2D eigenvalue weighted by Gasteiger charge is -1.90. The molecule has 1 aromatic rings. The molecule has 0 bridgehead atoms. The number of hydrogen-bond acceptors (Lipinski definition) is 5. The van der Waals surface area contributed by atoms with Gasteiger partial charge in [-0.15, -0.1) is 0 Å². The molecule has 0 aliphatic heterocycles. The first kappa shape index (κ1) is 7.32. The van der Waals surface area contributed by atoms with E-state index >= 15 is 0 Å². The van der Waals surface area contributed by atoms with Crippen LogP contribution in [-0.2, 0) is 0 Å². The summed E-state index contributed by atoms with van der Waals surface area (Å²) in [5, 5.41) is 2.08. The molecule has 0 aliphatic carbocycles. The van der Waals surface area contributed by atoms with Gasteiger partial charge in [0.1, 0.15) is 0 Å². The Kier molecular flexibility index (Phi) is 1.63. The average molecular weight is 160 g/mol. The summed E-state index contributed by atoms with van der Waals surface area (Å²) in [6.45, 7) is 0. The third-order valence-corrected chi connectivity index (χ3v) is 0.878. The van der Waals surface area contributed by atoms with Crippen LogP contribution in [0.25, 0.3) is 0 Å². The Bertz CT molecular complexity index is 341. The van der Waals surface area contributed by atoms with Crippen LogP contribution >= 0.6 is 0 Å². The van der Waals surface area contributed by atoms with Crippen molar-refractivity contribution in [1.82, 2.24) is 10.2 Å². The molecule has 1 heterocycles. The van der Waals surface area contributed by atoms with Crippen molar-refractivity contribution in [2.75, 3.05) is 7.05 Å². The summed E-state index contributed by atoms with van der Waals surface area (Å²) >= 11 is 0. The Labute approximate surface area is 59.1 Å². The van der Waals surface area contributed by atoms with Crippen LogP contribution in [0.4, 0.5) is 4.79 Å². The summed E-state index contributed by atoms with van der Waals surface area (Å²) in [5.41, 5.74) is -2.43. The highest BCUT2D eigenvalue weighted by Gasteiger charge is 2.10. The van der Waals surface area contributed by atoms with Crippen molar-refractivity contribution < 1.29 is 13.8 Å². The van der Waals surface area contributed by atoms with Gasteiger partial charge >= 0.3 is 17.3 Å². The second-order valence-electron chi connectivity index (χ2n) is 1.57. The standard InChI is InChI=1S/C4H4N2O5/c1-5-4(9)6-10-2(7)3(8)11-6/h1H3,(H,5,9). The van der Waals surface area contributed by atoms with Crippen LogP contribution in [0.15, 0.2) is 18.6 Å². The molecule has 1 amide bonds. The Morgan fingerprint density at radius 2 is 1.82 bits per heavy atom. The molecule has 1 rings (SSSR count). The third-order valence-electron chi connectivity index (χ3n) is 0.878. The van der Waals surface area contributed by atoms with Crippen LogP contribution in [0, 0.1) is 0 Å². The van der Waals surface area contributed by atoms with Crippen molar-refractivity contribution in [3.8, 4) is 0 Å². The molecule has 1 aromatic heterocycles. The van der Waals surface area contributed by atoms with Crippen molar-refractivity contribution in [1.29, 1.82) is 0 Å². The van der Waals surface area contributed by atoms with E-state index in [1.807, 2.05) is 0 Å². The van der Waals surface area contributed by atoms with Gasteiger partial charge in [0.2, 0.25) is 0 Å². The van der Waals surface area contributed by atoms with Crippen LogP contribution in [0.2, 0.25) is 0 Å². The molecule has 1 N–H and O–H groups in total. The number of carbonyl (C=O) groups is 1. The van der Waals surface area contributed by atoms with E-state index in [2.05, 4.69) is 14.4 Å². The molecule has 0 unspecified atom stereocenters. The lowest BCUT2D eigenvalue weighted by Crippen LogP contribution is -2.23.